The minimum Gasteiger partial charge on any atom is -0.292 e. The average molecular weight is 575 g/mol. The van der Waals surface area contributed by atoms with E-state index in [4.69, 9.17) is 15.0 Å². The smallest absolute Gasteiger partial charge is 0.145 e. The van der Waals surface area contributed by atoms with Crippen molar-refractivity contribution in [3.63, 3.8) is 0 Å². The van der Waals surface area contributed by atoms with Crippen LogP contribution in [0.5, 0.6) is 0 Å². The first-order chi connectivity index (χ1) is 22.3. The van der Waals surface area contributed by atoms with Crippen LogP contribution in [0.4, 0.5) is 0 Å². The number of hydrogen-bond donors (Lipinski definition) is 0. The first kappa shape index (κ1) is 25.4. The third-order valence-corrected chi connectivity index (χ3v) is 8.65. The fourth-order valence-electron chi connectivity index (χ4n) is 6.50. The van der Waals surface area contributed by atoms with E-state index in [1.54, 1.807) is 0 Å². The Kier molecular flexibility index (Phi) is 5.78. The highest BCUT2D eigenvalue weighted by Gasteiger charge is 2.16. The Bertz CT molecular complexity index is 2510. The quantitative estimate of drug-likeness (QED) is 0.155. The number of pyridine rings is 2. The van der Waals surface area contributed by atoms with Crippen LogP contribution < -0.4 is 0 Å². The van der Waals surface area contributed by atoms with Crippen LogP contribution in [0.1, 0.15) is 0 Å². The van der Waals surface area contributed by atoms with E-state index in [-0.39, 0.29) is 0 Å². The molecule has 9 aromatic rings. The molecule has 0 aliphatic carbocycles. The van der Waals surface area contributed by atoms with Crippen LogP contribution >= 0.6 is 0 Å². The third kappa shape index (κ3) is 4.19. The zero-order chi connectivity index (χ0) is 29.7. The molecule has 0 saturated heterocycles. The largest absolute Gasteiger partial charge is 0.292 e. The molecule has 3 heterocycles. The van der Waals surface area contributed by atoms with Crippen molar-refractivity contribution in [1.82, 2.24) is 19.5 Å². The van der Waals surface area contributed by atoms with E-state index in [0.717, 1.165) is 77.5 Å². The molecule has 0 radical (unpaired) electrons. The molecule has 45 heavy (non-hydrogen) atoms. The molecular weight excluding hydrogens is 548 g/mol. The van der Waals surface area contributed by atoms with Gasteiger partial charge < -0.3 is 0 Å². The molecule has 9 rings (SSSR count). The number of aromatic nitrogens is 4. The molecule has 0 N–H and O–H groups in total. The van der Waals surface area contributed by atoms with Gasteiger partial charge in [-0.2, -0.15) is 0 Å². The van der Waals surface area contributed by atoms with E-state index in [9.17, 15) is 0 Å². The molecule has 210 valence electrons. The highest BCUT2D eigenvalue weighted by atomic mass is 15.1. The minimum absolute atomic E-state index is 0.930. The maximum absolute atomic E-state index is 5.06. The van der Waals surface area contributed by atoms with Gasteiger partial charge in [0.15, 0.2) is 0 Å². The van der Waals surface area contributed by atoms with Crippen molar-refractivity contribution >= 4 is 43.7 Å². The zero-order valence-corrected chi connectivity index (χ0v) is 24.3. The molecule has 0 fully saturated rings. The van der Waals surface area contributed by atoms with Gasteiger partial charge in [0, 0.05) is 39.2 Å². The summed E-state index contributed by atoms with van der Waals surface area (Å²) in [4.78, 5) is 14.8. The van der Waals surface area contributed by atoms with Gasteiger partial charge in [-0.15, -0.1) is 0 Å². The predicted molar refractivity (Wildman–Crippen MR) is 185 cm³/mol. The van der Waals surface area contributed by atoms with Gasteiger partial charge in [0.05, 0.1) is 27.6 Å². The lowest BCUT2D eigenvalue weighted by Crippen LogP contribution is -1.97. The lowest BCUT2D eigenvalue weighted by molar-refractivity contribution is 1.10. The molecule has 4 heteroatoms. The van der Waals surface area contributed by atoms with Gasteiger partial charge in [-0.1, -0.05) is 115 Å². The van der Waals surface area contributed by atoms with E-state index in [1.807, 2.05) is 30.5 Å². The second-order valence-electron chi connectivity index (χ2n) is 11.3. The maximum Gasteiger partial charge on any atom is 0.145 e. The van der Waals surface area contributed by atoms with E-state index in [0.29, 0.717) is 0 Å². The molecule has 0 unspecified atom stereocenters. The highest BCUT2D eigenvalue weighted by molar-refractivity contribution is 6.15. The molecule has 4 nitrogen and oxygen atoms in total. The summed E-state index contributed by atoms with van der Waals surface area (Å²) >= 11 is 0. The standard InChI is InChI=1S/C41H26N4/c1-2-10-32(11-3-1)45-37-15-7-6-14-36(37)44-41(45)31-22-18-28(19-23-31)27-16-20-29(21-17-27)38-33-12-4-5-13-35(33)43-40-34(38)25-24-30-9-8-26-42-39(30)40/h1-26H. The first-order valence-corrected chi connectivity index (χ1v) is 15.1. The molecule has 3 aromatic heterocycles. The fraction of sp³-hybridized carbons (Fsp3) is 0. The van der Waals surface area contributed by atoms with Crippen molar-refractivity contribution in [2.75, 3.05) is 0 Å². The second-order valence-corrected chi connectivity index (χ2v) is 11.3. The number of benzene rings is 6. The minimum atomic E-state index is 0.930. The van der Waals surface area contributed by atoms with Gasteiger partial charge >= 0.3 is 0 Å². The van der Waals surface area contributed by atoms with Gasteiger partial charge in [0.1, 0.15) is 5.82 Å². The molecule has 0 saturated carbocycles. The van der Waals surface area contributed by atoms with Gasteiger partial charge in [-0.3, -0.25) is 9.55 Å². The summed E-state index contributed by atoms with van der Waals surface area (Å²) in [7, 11) is 0. The summed E-state index contributed by atoms with van der Waals surface area (Å²) in [6, 6.07) is 53.1. The molecular formula is C41H26N4. The summed E-state index contributed by atoms with van der Waals surface area (Å²) in [5, 5.41) is 3.34. The third-order valence-electron chi connectivity index (χ3n) is 8.65. The zero-order valence-electron chi connectivity index (χ0n) is 24.3. The van der Waals surface area contributed by atoms with Gasteiger partial charge in [-0.05, 0) is 53.1 Å². The Balaban J connectivity index is 1.12. The molecule has 0 atom stereocenters. The lowest BCUT2D eigenvalue weighted by Gasteiger charge is -2.13. The lowest BCUT2D eigenvalue weighted by atomic mass is 9.93. The Morgan fingerprint density at radius 3 is 1.89 bits per heavy atom. The van der Waals surface area contributed by atoms with Crippen molar-refractivity contribution in [1.29, 1.82) is 0 Å². The van der Waals surface area contributed by atoms with Crippen LogP contribution in [0, 0.1) is 0 Å². The monoisotopic (exact) mass is 574 g/mol. The van der Waals surface area contributed by atoms with Gasteiger partial charge in [-0.25, -0.2) is 9.97 Å². The van der Waals surface area contributed by atoms with Gasteiger partial charge in [0.2, 0.25) is 0 Å². The van der Waals surface area contributed by atoms with E-state index in [1.165, 1.54) is 5.56 Å². The van der Waals surface area contributed by atoms with Crippen LogP contribution in [0.2, 0.25) is 0 Å². The molecule has 0 aliphatic heterocycles. The summed E-state index contributed by atoms with van der Waals surface area (Å²) in [6.45, 7) is 0. The van der Waals surface area contributed by atoms with Gasteiger partial charge in [0.25, 0.3) is 0 Å². The van der Waals surface area contributed by atoms with E-state index < -0.39 is 0 Å². The topological polar surface area (TPSA) is 43.6 Å². The van der Waals surface area contributed by atoms with E-state index >= 15 is 0 Å². The Hall–Kier alpha value is -6.13. The number of rotatable bonds is 4. The second kappa shape index (κ2) is 10.2. The number of fused-ring (bicyclic) bond motifs is 5. The Labute approximate surface area is 259 Å². The van der Waals surface area contributed by atoms with Crippen molar-refractivity contribution in [3.05, 3.63) is 158 Å². The SMILES string of the molecule is c1ccc(-n2c(-c3ccc(-c4ccc(-c5c6ccccc6nc6c5ccc5cccnc56)cc4)cc3)nc3ccccc32)cc1. The normalized spacial score (nSPS) is 11.6. The number of hydrogen-bond acceptors (Lipinski definition) is 3. The fourth-order valence-corrected chi connectivity index (χ4v) is 6.50. The summed E-state index contributed by atoms with van der Waals surface area (Å²) < 4.78 is 2.24. The summed E-state index contributed by atoms with van der Waals surface area (Å²) in [6.07, 6.45) is 1.84. The average Bonchev–Trinajstić information content (AvgIpc) is 3.51. The van der Waals surface area contributed by atoms with Crippen LogP contribution in [0.25, 0.3) is 83.1 Å². The molecule has 6 aromatic carbocycles. The molecule has 0 aliphatic rings. The summed E-state index contributed by atoms with van der Waals surface area (Å²) in [5.41, 5.74) is 11.8. The summed E-state index contributed by atoms with van der Waals surface area (Å²) in [5.74, 6) is 0.933. The number of nitrogens with zero attached hydrogens (tertiary/aromatic N) is 4. The first-order valence-electron chi connectivity index (χ1n) is 15.1. The van der Waals surface area contributed by atoms with Crippen molar-refractivity contribution in [2.45, 2.75) is 0 Å². The van der Waals surface area contributed by atoms with Crippen molar-refractivity contribution in [3.8, 4) is 39.3 Å². The molecule has 0 amide bonds. The Morgan fingerprint density at radius 1 is 0.422 bits per heavy atom. The van der Waals surface area contributed by atoms with Crippen LogP contribution in [-0.2, 0) is 0 Å². The number of imidazole rings is 1. The van der Waals surface area contributed by atoms with Crippen LogP contribution in [-0.4, -0.2) is 19.5 Å². The van der Waals surface area contributed by atoms with E-state index in [2.05, 4.69) is 132 Å². The highest BCUT2D eigenvalue weighted by Crippen LogP contribution is 2.38. The van der Waals surface area contributed by atoms with Crippen LogP contribution in [0.3, 0.4) is 0 Å². The van der Waals surface area contributed by atoms with Crippen molar-refractivity contribution < 1.29 is 0 Å². The Morgan fingerprint density at radius 2 is 1.09 bits per heavy atom. The predicted octanol–water partition coefficient (Wildman–Crippen LogP) is 10.3. The van der Waals surface area contributed by atoms with Crippen LogP contribution in [0.15, 0.2) is 158 Å². The number of para-hydroxylation sites is 4. The molecule has 0 bridgehead atoms. The maximum atomic E-state index is 5.06. The molecule has 0 spiro atoms. The van der Waals surface area contributed by atoms with Crippen molar-refractivity contribution in [2.24, 2.45) is 0 Å².